The summed E-state index contributed by atoms with van der Waals surface area (Å²) in [6.07, 6.45) is 3.19. The Hall–Kier alpha value is -3.03. The molecule has 2 heterocycles. The minimum atomic E-state index is -0.490. The fraction of sp³-hybridized carbons (Fsp3) is 0. The average molecular weight is 381 g/mol. The average Bonchev–Trinajstić information content (AvgIpc) is 3.36. The van der Waals surface area contributed by atoms with Crippen LogP contribution in [0.2, 0.25) is 0 Å². The van der Waals surface area contributed by atoms with E-state index < -0.39 is 5.91 Å². The molecule has 0 saturated heterocycles. The maximum atomic E-state index is 12.5. The van der Waals surface area contributed by atoms with E-state index in [0.717, 1.165) is 9.75 Å². The molecule has 1 aromatic carbocycles. The molecular formula is C19H15N3O2S2. The molecule has 5 nitrogen and oxygen atoms in total. The summed E-state index contributed by atoms with van der Waals surface area (Å²) in [5.74, 6) is -0.846. The van der Waals surface area contributed by atoms with Crippen molar-refractivity contribution in [2.75, 3.05) is 0 Å². The van der Waals surface area contributed by atoms with Gasteiger partial charge in [-0.3, -0.25) is 9.59 Å². The number of benzene rings is 1. The van der Waals surface area contributed by atoms with Crippen molar-refractivity contribution >= 4 is 46.8 Å². The molecule has 7 heteroatoms. The van der Waals surface area contributed by atoms with Gasteiger partial charge in [0.25, 0.3) is 11.8 Å². The fourth-order valence-electron chi connectivity index (χ4n) is 2.04. The predicted molar refractivity (Wildman–Crippen MR) is 106 cm³/mol. The number of amides is 2. The number of thiophene rings is 2. The van der Waals surface area contributed by atoms with E-state index in [1.165, 1.54) is 22.7 Å². The maximum Gasteiger partial charge on any atom is 0.287 e. The van der Waals surface area contributed by atoms with E-state index in [1.807, 2.05) is 41.1 Å². The SMILES string of the molecule is O=C(NN=Cc1cccs1)C(=Cc1cccs1)NC(=O)c1ccccc1. The zero-order valence-electron chi connectivity index (χ0n) is 13.6. The third-order valence-electron chi connectivity index (χ3n) is 3.26. The molecule has 3 rings (SSSR count). The van der Waals surface area contributed by atoms with Crippen molar-refractivity contribution in [2.24, 2.45) is 5.10 Å². The molecule has 0 saturated carbocycles. The van der Waals surface area contributed by atoms with Crippen molar-refractivity contribution in [1.82, 2.24) is 10.7 Å². The Labute approximate surface area is 158 Å². The summed E-state index contributed by atoms with van der Waals surface area (Å²) in [5.41, 5.74) is 3.05. The number of nitrogens with one attached hydrogen (secondary N) is 2. The van der Waals surface area contributed by atoms with Crippen molar-refractivity contribution < 1.29 is 9.59 Å². The quantitative estimate of drug-likeness (QED) is 0.388. The Morgan fingerprint density at radius 3 is 2.23 bits per heavy atom. The molecule has 0 aliphatic carbocycles. The van der Waals surface area contributed by atoms with E-state index in [4.69, 9.17) is 0 Å². The van der Waals surface area contributed by atoms with Gasteiger partial charge in [0.2, 0.25) is 0 Å². The van der Waals surface area contributed by atoms with Gasteiger partial charge in [-0.2, -0.15) is 5.10 Å². The normalized spacial score (nSPS) is 11.5. The van der Waals surface area contributed by atoms with E-state index in [0.29, 0.717) is 5.56 Å². The highest BCUT2D eigenvalue weighted by atomic mass is 32.1. The van der Waals surface area contributed by atoms with Crippen LogP contribution in [0.25, 0.3) is 6.08 Å². The number of hydrazone groups is 1. The van der Waals surface area contributed by atoms with Crippen LogP contribution in [-0.4, -0.2) is 18.0 Å². The molecule has 0 aliphatic rings. The lowest BCUT2D eigenvalue weighted by molar-refractivity contribution is -0.117. The molecule has 0 atom stereocenters. The Balaban J connectivity index is 1.75. The van der Waals surface area contributed by atoms with Crippen molar-refractivity contribution in [3.8, 4) is 0 Å². The van der Waals surface area contributed by atoms with Gasteiger partial charge in [-0.25, -0.2) is 5.43 Å². The monoisotopic (exact) mass is 381 g/mol. The van der Waals surface area contributed by atoms with Crippen LogP contribution in [0.5, 0.6) is 0 Å². The molecular weight excluding hydrogens is 366 g/mol. The lowest BCUT2D eigenvalue weighted by atomic mass is 10.2. The smallest absolute Gasteiger partial charge is 0.287 e. The van der Waals surface area contributed by atoms with Gasteiger partial charge in [0.1, 0.15) is 5.70 Å². The van der Waals surface area contributed by atoms with Gasteiger partial charge < -0.3 is 5.32 Å². The van der Waals surface area contributed by atoms with Crippen LogP contribution in [0.3, 0.4) is 0 Å². The van der Waals surface area contributed by atoms with E-state index in [-0.39, 0.29) is 11.6 Å². The molecule has 0 unspecified atom stereocenters. The van der Waals surface area contributed by atoms with Gasteiger partial charge in [-0.1, -0.05) is 30.3 Å². The lowest BCUT2D eigenvalue weighted by Crippen LogP contribution is -2.32. The summed E-state index contributed by atoms with van der Waals surface area (Å²) in [6.45, 7) is 0. The highest BCUT2D eigenvalue weighted by molar-refractivity contribution is 7.11. The van der Waals surface area contributed by atoms with Crippen molar-refractivity contribution in [1.29, 1.82) is 0 Å². The van der Waals surface area contributed by atoms with Gasteiger partial charge in [-0.05, 0) is 41.1 Å². The van der Waals surface area contributed by atoms with Crippen LogP contribution in [0.15, 0.2) is 76.2 Å². The first-order valence-corrected chi connectivity index (χ1v) is 9.47. The van der Waals surface area contributed by atoms with E-state index in [9.17, 15) is 9.59 Å². The summed E-state index contributed by atoms with van der Waals surface area (Å²) in [5, 5.41) is 10.4. The minimum absolute atomic E-state index is 0.129. The summed E-state index contributed by atoms with van der Waals surface area (Å²) in [4.78, 5) is 26.6. The molecule has 2 N–H and O–H groups in total. The fourth-order valence-corrected chi connectivity index (χ4v) is 3.28. The lowest BCUT2D eigenvalue weighted by Gasteiger charge is -2.08. The first kappa shape index (κ1) is 17.8. The van der Waals surface area contributed by atoms with Gasteiger partial charge >= 0.3 is 0 Å². The molecule has 0 spiro atoms. The molecule has 0 fully saturated rings. The molecule has 3 aromatic rings. The topological polar surface area (TPSA) is 70.6 Å². The van der Waals surface area contributed by atoms with Gasteiger partial charge in [0, 0.05) is 15.3 Å². The van der Waals surface area contributed by atoms with Crippen molar-refractivity contribution in [3.05, 3.63) is 86.4 Å². The number of rotatable bonds is 6. The van der Waals surface area contributed by atoms with Gasteiger partial charge in [0.05, 0.1) is 6.21 Å². The molecule has 26 heavy (non-hydrogen) atoms. The number of carbonyl (C=O) groups is 2. The second-order valence-electron chi connectivity index (χ2n) is 5.11. The zero-order chi connectivity index (χ0) is 18.2. The largest absolute Gasteiger partial charge is 0.317 e. The molecule has 0 bridgehead atoms. The summed E-state index contributed by atoms with van der Waals surface area (Å²) >= 11 is 2.98. The van der Waals surface area contributed by atoms with E-state index >= 15 is 0 Å². The Kier molecular flexibility index (Phi) is 6.08. The van der Waals surface area contributed by atoms with Crippen LogP contribution in [0, 0.1) is 0 Å². The van der Waals surface area contributed by atoms with Crippen LogP contribution < -0.4 is 10.7 Å². The number of carbonyl (C=O) groups excluding carboxylic acids is 2. The Morgan fingerprint density at radius 1 is 0.885 bits per heavy atom. The third kappa shape index (κ3) is 4.98. The standard InChI is InChI=1S/C19H15N3O2S2/c23-18(14-6-2-1-3-7-14)21-17(12-15-8-4-10-25-15)19(24)22-20-13-16-9-5-11-26-16/h1-13H,(H,21,23)(H,22,24). The highest BCUT2D eigenvalue weighted by Gasteiger charge is 2.14. The van der Waals surface area contributed by atoms with E-state index in [1.54, 1.807) is 36.6 Å². The zero-order valence-corrected chi connectivity index (χ0v) is 15.2. The number of nitrogens with zero attached hydrogens (tertiary/aromatic N) is 1. The first-order chi connectivity index (χ1) is 12.7. The van der Waals surface area contributed by atoms with Crippen LogP contribution >= 0.6 is 22.7 Å². The Bertz CT molecular complexity index is 915. The summed E-state index contributed by atoms with van der Waals surface area (Å²) in [7, 11) is 0. The molecule has 2 amide bonds. The molecule has 130 valence electrons. The first-order valence-electron chi connectivity index (χ1n) is 7.71. The van der Waals surface area contributed by atoms with Crippen LogP contribution in [0.1, 0.15) is 20.1 Å². The van der Waals surface area contributed by atoms with Crippen molar-refractivity contribution in [2.45, 2.75) is 0 Å². The number of hydrogen-bond acceptors (Lipinski definition) is 5. The van der Waals surface area contributed by atoms with Gasteiger partial charge in [-0.15, -0.1) is 22.7 Å². The maximum absolute atomic E-state index is 12.5. The molecule has 0 radical (unpaired) electrons. The summed E-state index contributed by atoms with van der Waals surface area (Å²) < 4.78 is 0. The highest BCUT2D eigenvalue weighted by Crippen LogP contribution is 2.13. The van der Waals surface area contributed by atoms with Crippen LogP contribution in [-0.2, 0) is 4.79 Å². The van der Waals surface area contributed by atoms with Gasteiger partial charge in [0.15, 0.2) is 0 Å². The predicted octanol–water partition coefficient (Wildman–Crippen LogP) is 3.73. The second-order valence-corrected chi connectivity index (χ2v) is 7.07. The van der Waals surface area contributed by atoms with E-state index in [2.05, 4.69) is 15.8 Å². The molecule has 0 aliphatic heterocycles. The van der Waals surface area contributed by atoms with Crippen molar-refractivity contribution in [3.63, 3.8) is 0 Å². The second kappa shape index (κ2) is 8.89. The van der Waals surface area contributed by atoms with Crippen LogP contribution in [0.4, 0.5) is 0 Å². The third-order valence-corrected chi connectivity index (χ3v) is 4.89. The number of hydrogen-bond donors (Lipinski definition) is 2. The Morgan fingerprint density at radius 2 is 1.58 bits per heavy atom. The summed E-state index contributed by atoms with van der Waals surface area (Å²) in [6, 6.07) is 16.3. The minimum Gasteiger partial charge on any atom is -0.317 e. The molecule has 2 aromatic heterocycles.